The van der Waals surface area contributed by atoms with Crippen molar-refractivity contribution in [2.75, 3.05) is 20.2 Å². The van der Waals surface area contributed by atoms with Gasteiger partial charge in [0.1, 0.15) is 0 Å². The van der Waals surface area contributed by atoms with E-state index in [1.54, 1.807) is 0 Å². The fourth-order valence-electron chi connectivity index (χ4n) is 1.64. The van der Waals surface area contributed by atoms with Crippen molar-refractivity contribution in [3.63, 3.8) is 0 Å². The summed E-state index contributed by atoms with van der Waals surface area (Å²) in [6.07, 6.45) is 0. The second-order valence-corrected chi connectivity index (χ2v) is 3.90. The first kappa shape index (κ1) is 13.7. The fourth-order valence-corrected chi connectivity index (χ4v) is 1.64. The van der Waals surface area contributed by atoms with Gasteiger partial charge in [-0.25, -0.2) is 0 Å². The van der Waals surface area contributed by atoms with Crippen molar-refractivity contribution < 1.29 is 9.53 Å². The minimum absolute atomic E-state index is 0.207. The van der Waals surface area contributed by atoms with Crippen LogP contribution < -0.4 is 5.73 Å². The van der Waals surface area contributed by atoms with Gasteiger partial charge in [0.25, 0.3) is 0 Å². The highest BCUT2D eigenvalue weighted by atomic mass is 16.5. The summed E-state index contributed by atoms with van der Waals surface area (Å²) in [7, 11) is 1.41. The number of nitrogens with two attached hydrogens (primary N) is 1. The van der Waals surface area contributed by atoms with Crippen LogP contribution in [0.3, 0.4) is 0 Å². The summed E-state index contributed by atoms with van der Waals surface area (Å²) in [5.74, 6) is -0.207. The number of ether oxygens (including phenoxy) is 1. The van der Waals surface area contributed by atoms with Gasteiger partial charge in [-0.2, -0.15) is 0 Å². The maximum atomic E-state index is 11.2. The Hall–Kier alpha value is -1.39. The Balaban J connectivity index is 2.63. The number of esters is 1. The molecule has 0 unspecified atom stereocenters. The summed E-state index contributed by atoms with van der Waals surface area (Å²) in [5, 5.41) is 0. The summed E-state index contributed by atoms with van der Waals surface area (Å²) in [6.45, 7) is 4.42. The van der Waals surface area contributed by atoms with E-state index in [0.29, 0.717) is 13.1 Å². The summed E-state index contributed by atoms with van der Waals surface area (Å²) < 4.78 is 4.66. The molecular formula is C13H20N2O2. The molecule has 0 radical (unpaired) electrons. The van der Waals surface area contributed by atoms with Crippen molar-refractivity contribution >= 4 is 5.97 Å². The predicted molar refractivity (Wildman–Crippen MR) is 67.3 cm³/mol. The fraction of sp³-hybridized carbons (Fsp3) is 0.462. The molecule has 0 spiro atoms. The Morgan fingerprint density at radius 3 is 2.71 bits per heavy atom. The maximum Gasteiger partial charge on any atom is 0.319 e. The summed E-state index contributed by atoms with van der Waals surface area (Å²) in [4.78, 5) is 13.2. The highest BCUT2D eigenvalue weighted by molar-refractivity contribution is 5.71. The third-order valence-electron chi connectivity index (χ3n) is 2.66. The SMILES string of the molecule is CCN(CC(=O)OC)Cc1cccc(CN)c1. The Morgan fingerprint density at radius 2 is 2.12 bits per heavy atom. The van der Waals surface area contributed by atoms with Gasteiger partial charge in [-0.15, -0.1) is 0 Å². The van der Waals surface area contributed by atoms with Crippen LogP contribution in [0.2, 0.25) is 0 Å². The standard InChI is InChI=1S/C13H20N2O2/c1-3-15(10-13(16)17-2)9-12-6-4-5-11(7-12)8-14/h4-7H,3,8-10,14H2,1-2H3. The third kappa shape index (κ3) is 4.54. The number of likely N-dealkylation sites (N-methyl/N-ethyl adjacent to an activating group) is 1. The summed E-state index contributed by atoms with van der Waals surface area (Å²) in [5.41, 5.74) is 7.87. The predicted octanol–water partition coefficient (Wildman–Crippen LogP) is 1.14. The molecule has 0 amide bonds. The van der Waals surface area contributed by atoms with Crippen LogP contribution in [0.1, 0.15) is 18.1 Å². The van der Waals surface area contributed by atoms with Crippen LogP contribution in [0, 0.1) is 0 Å². The van der Waals surface area contributed by atoms with Gasteiger partial charge in [-0.05, 0) is 17.7 Å². The van der Waals surface area contributed by atoms with Crippen molar-refractivity contribution in [1.82, 2.24) is 4.90 Å². The maximum absolute atomic E-state index is 11.2. The van der Waals surface area contributed by atoms with E-state index in [1.807, 2.05) is 30.0 Å². The lowest BCUT2D eigenvalue weighted by molar-refractivity contribution is -0.142. The molecule has 94 valence electrons. The average Bonchev–Trinajstić information content (AvgIpc) is 2.37. The quantitative estimate of drug-likeness (QED) is 0.753. The Bertz CT molecular complexity index is 366. The van der Waals surface area contributed by atoms with E-state index in [2.05, 4.69) is 10.8 Å². The first-order valence-electron chi connectivity index (χ1n) is 5.76. The van der Waals surface area contributed by atoms with Crippen molar-refractivity contribution in [2.24, 2.45) is 5.73 Å². The molecule has 0 heterocycles. The highest BCUT2D eigenvalue weighted by Crippen LogP contribution is 2.08. The monoisotopic (exact) mass is 236 g/mol. The van der Waals surface area contributed by atoms with E-state index < -0.39 is 0 Å². The molecule has 0 atom stereocenters. The van der Waals surface area contributed by atoms with Crippen molar-refractivity contribution in [1.29, 1.82) is 0 Å². The van der Waals surface area contributed by atoms with Gasteiger partial charge in [-0.3, -0.25) is 9.69 Å². The zero-order valence-electron chi connectivity index (χ0n) is 10.5. The first-order chi connectivity index (χ1) is 8.19. The van der Waals surface area contributed by atoms with E-state index in [9.17, 15) is 4.79 Å². The molecule has 0 bridgehead atoms. The van der Waals surface area contributed by atoms with Crippen molar-refractivity contribution in [3.05, 3.63) is 35.4 Å². The molecule has 17 heavy (non-hydrogen) atoms. The Morgan fingerprint density at radius 1 is 1.41 bits per heavy atom. The molecule has 0 fully saturated rings. The number of benzene rings is 1. The van der Waals surface area contributed by atoms with Crippen LogP contribution in [-0.4, -0.2) is 31.1 Å². The lowest BCUT2D eigenvalue weighted by atomic mass is 10.1. The second-order valence-electron chi connectivity index (χ2n) is 3.90. The topological polar surface area (TPSA) is 55.6 Å². The van der Waals surface area contributed by atoms with Crippen LogP contribution in [0.25, 0.3) is 0 Å². The highest BCUT2D eigenvalue weighted by Gasteiger charge is 2.09. The van der Waals surface area contributed by atoms with Gasteiger partial charge < -0.3 is 10.5 Å². The minimum atomic E-state index is -0.207. The number of hydrogen-bond donors (Lipinski definition) is 1. The van der Waals surface area contributed by atoms with E-state index >= 15 is 0 Å². The molecule has 4 nitrogen and oxygen atoms in total. The van der Waals surface area contributed by atoms with Crippen molar-refractivity contribution in [2.45, 2.75) is 20.0 Å². The number of carbonyl (C=O) groups is 1. The minimum Gasteiger partial charge on any atom is -0.468 e. The molecule has 2 N–H and O–H groups in total. The zero-order chi connectivity index (χ0) is 12.7. The van der Waals surface area contributed by atoms with Crippen LogP contribution in [0.15, 0.2) is 24.3 Å². The largest absolute Gasteiger partial charge is 0.468 e. The number of nitrogens with zero attached hydrogens (tertiary/aromatic N) is 1. The lowest BCUT2D eigenvalue weighted by Crippen LogP contribution is -2.30. The third-order valence-corrected chi connectivity index (χ3v) is 2.66. The van der Waals surface area contributed by atoms with Gasteiger partial charge in [-0.1, -0.05) is 31.2 Å². The van der Waals surface area contributed by atoms with Gasteiger partial charge in [0.05, 0.1) is 13.7 Å². The number of hydrogen-bond acceptors (Lipinski definition) is 4. The Labute approximate surface area is 102 Å². The van der Waals surface area contributed by atoms with E-state index in [0.717, 1.165) is 18.7 Å². The molecule has 0 aliphatic rings. The zero-order valence-corrected chi connectivity index (χ0v) is 10.5. The summed E-state index contributed by atoms with van der Waals surface area (Å²) in [6, 6.07) is 8.10. The molecular weight excluding hydrogens is 216 g/mol. The van der Waals surface area contributed by atoms with Gasteiger partial charge in [0.15, 0.2) is 0 Å². The molecule has 1 rings (SSSR count). The summed E-state index contributed by atoms with van der Waals surface area (Å²) >= 11 is 0. The van der Waals surface area contributed by atoms with Gasteiger partial charge in [0.2, 0.25) is 0 Å². The number of carbonyl (C=O) groups excluding carboxylic acids is 1. The normalized spacial score (nSPS) is 10.6. The molecule has 0 aliphatic carbocycles. The molecule has 1 aromatic rings. The lowest BCUT2D eigenvalue weighted by Gasteiger charge is -2.19. The molecule has 0 aromatic heterocycles. The Kier molecular flexibility index (Phi) is 5.66. The van der Waals surface area contributed by atoms with Crippen LogP contribution >= 0.6 is 0 Å². The van der Waals surface area contributed by atoms with E-state index in [-0.39, 0.29) is 5.97 Å². The van der Waals surface area contributed by atoms with Gasteiger partial charge >= 0.3 is 5.97 Å². The smallest absolute Gasteiger partial charge is 0.319 e. The van der Waals surface area contributed by atoms with Crippen LogP contribution in [0.4, 0.5) is 0 Å². The van der Waals surface area contributed by atoms with Crippen LogP contribution in [0.5, 0.6) is 0 Å². The van der Waals surface area contributed by atoms with Gasteiger partial charge in [0, 0.05) is 13.1 Å². The molecule has 0 aliphatic heterocycles. The molecule has 1 aromatic carbocycles. The number of rotatable bonds is 6. The molecule has 0 saturated carbocycles. The molecule has 0 saturated heterocycles. The van der Waals surface area contributed by atoms with E-state index in [4.69, 9.17) is 5.73 Å². The van der Waals surface area contributed by atoms with E-state index in [1.165, 1.54) is 12.7 Å². The average molecular weight is 236 g/mol. The second kappa shape index (κ2) is 7.04. The first-order valence-corrected chi connectivity index (χ1v) is 5.76. The molecule has 4 heteroatoms. The van der Waals surface area contributed by atoms with Crippen molar-refractivity contribution in [3.8, 4) is 0 Å². The van der Waals surface area contributed by atoms with Crippen LogP contribution in [-0.2, 0) is 22.6 Å². The number of methoxy groups -OCH3 is 1.